The predicted molar refractivity (Wildman–Crippen MR) is 99.6 cm³/mol. The minimum Gasteiger partial charge on any atom is -0.335 e. The number of pyridine rings is 1. The molecule has 0 unspecified atom stereocenters. The van der Waals surface area contributed by atoms with Gasteiger partial charge in [0, 0.05) is 32.4 Å². The molecule has 1 aliphatic rings. The van der Waals surface area contributed by atoms with Crippen molar-refractivity contribution < 1.29 is 13.2 Å². The van der Waals surface area contributed by atoms with Crippen molar-refractivity contribution in [1.29, 1.82) is 0 Å². The maximum absolute atomic E-state index is 13.1. The molecule has 0 spiro atoms. The molecule has 0 bridgehead atoms. The van der Waals surface area contributed by atoms with Crippen molar-refractivity contribution in [1.82, 2.24) is 14.2 Å². The average molecular weight is 373 g/mol. The van der Waals surface area contributed by atoms with E-state index < -0.39 is 10.0 Å². The van der Waals surface area contributed by atoms with Crippen molar-refractivity contribution in [3.05, 3.63) is 58.9 Å². The Hall–Kier alpha value is -2.25. The summed E-state index contributed by atoms with van der Waals surface area (Å²) in [5.74, 6) is -0.162. The van der Waals surface area contributed by atoms with Gasteiger partial charge in [0.05, 0.1) is 4.90 Å². The zero-order valence-electron chi connectivity index (χ0n) is 15.3. The van der Waals surface area contributed by atoms with Gasteiger partial charge in [0.25, 0.3) is 5.91 Å². The summed E-state index contributed by atoms with van der Waals surface area (Å²) in [7, 11) is -3.57. The number of rotatable bonds is 3. The summed E-state index contributed by atoms with van der Waals surface area (Å²) in [5, 5.41) is 0. The fourth-order valence-electron chi connectivity index (χ4n) is 3.49. The van der Waals surface area contributed by atoms with E-state index in [1.54, 1.807) is 29.3 Å². The van der Waals surface area contributed by atoms with Gasteiger partial charge < -0.3 is 4.90 Å². The number of aryl methyl sites for hydroxylation is 3. The van der Waals surface area contributed by atoms with Crippen molar-refractivity contribution in [2.45, 2.75) is 25.7 Å². The van der Waals surface area contributed by atoms with E-state index in [2.05, 4.69) is 4.98 Å². The monoisotopic (exact) mass is 373 g/mol. The van der Waals surface area contributed by atoms with Crippen LogP contribution in [0.4, 0.5) is 0 Å². The van der Waals surface area contributed by atoms with E-state index in [4.69, 9.17) is 0 Å². The first-order chi connectivity index (χ1) is 12.3. The zero-order chi connectivity index (χ0) is 18.9. The molecule has 1 saturated heterocycles. The molecule has 0 atom stereocenters. The maximum atomic E-state index is 13.1. The highest BCUT2D eigenvalue weighted by Crippen LogP contribution is 2.26. The van der Waals surface area contributed by atoms with Gasteiger partial charge in [-0.3, -0.25) is 9.78 Å². The van der Waals surface area contributed by atoms with E-state index in [1.165, 1.54) is 4.31 Å². The number of hydrogen-bond donors (Lipinski definition) is 0. The largest absolute Gasteiger partial charge is 0.335 e. The third kappa shape index (κ3) is 3.50. The van der Waals surface area contributed by atoms with E-state index in [0.29, 0.717) is 23.7 Å². The number of carbonyl (C=O) groups excluding carboxylic acids is 1. The van der Waals surface area contributed by atoms with Gasteiger partial charge in [0.2, 0.25) is 10.0 Å². The molecular weight excluding hydrogens is 350 g/mol. The minimum atomic E-state index is -3.57. The molecule has 0 aliphatic carbocycles. The Morgan fingerprint density at radius 2 is 1.62 bits per heavy atom. The Bertz CT molecular complexity index is 895. The van der Waals surface area contributed by atoms with Crippen LogP contribution < -0.4 is 0 Å². The molecule has 0 radical (unpaired) electrons. The average Bonchev–Trinajstić information content (AvgIpc) is 2.61. The van der Waals surface area contributed by atoms with Crippen LogP contribution in [0.15, 0.2) is 41.4 Å². The lowest BCUT2D eigenvalue weighted by molar-refractivity contribution is 0.0692. The van der Waals surface area contributed by atoms with Crippen LogP contribution in [0.1, 0.15) is 27.2 Å². The van der Waals surface area contributed by atoms with Crippen LogP contribution >= 0.6 is 0 Å². The van der Waals surface area contributed by atoms with E-state index in [9.17, 15) is 13.2 Å². The fraction of sp³-hybridized carbons (Fsp3) is 0.368. The highest BCUT2D eigenvalue weighted by molar-refractivity contribution is 7.89. The summed E-state index contributed by atoms with van der Waals surface area (Å²) in [5.41, 5.74) is 2.95. The molecule has 0 N–H and O–H groups in total. The van der Waals surface area contributed by atoms with E-state index in [1.807, 2.05) is 32.9 Å². The Morgan fingerprint density at radius 3 is 2.15 bits per heavy atom. The molecular formula is C19H23N3O3S. The molecule has 3 rings (SSSR count). The molecule has 26 heavy (non-hydrogen) atoms. The van der Waals surface area contributed by atoms with Gasteiger partial charge >= 0.3 is 0 Å². The summed E-state index contributed by atoms with van der Waals surface area (Å²) in [6.45, 7) is 6.90. The first-order valence-corrected chi connectivity index (χ1v) is 10.0. The third-order valence-electron chi connectivity index (χ3n) is 4.61. The van der Waals surface area contributed by atoms with E-state index in [-0.39, 0.29) is 19.0 Å². The summed E-state index contributed by atoms with van der Waals surface area (Å²) in [4.78, 5) is 18.6. The van der Waals surface area contributed by atoms with Gasteiger partial charge in [-0.25, -0.2) is 8.42 Å². The van der Waals surface area contributed by atoms with Crippen molar-refractivity contribution in [3.63, 3.8) is 0 Å². The molecule has 1 aliphatic heterocycles. The van der Waals surface area contributed by atoms with Crippen molar-refractivity contribution in [2.75, 3.05) is 26.2 Å². The normalized spacial score (nSPS) is 15.9. The quantitative estimate of drug-likeness (QED) is 0.827. The lowest BCUT2D eigenvalue weighted by atomic mass is 10.1. The second-order valence-corrected chi connectivity index (χ2v) is 8.51. The van der Waals surface area contributed by atoms with Crippen LogP contribution in [0, 0.1) is 20.8 Å². The highest BCUT2D eigenvalue weighted by Gasteiger charge is 2.32. The number of amides is 1. The second-order valence-electron chi connectivity index (χ2n) is 6.64. The molecule has 7 heteroatoms. The highest BCUT2D eigenvalue weighted by atomic mass is 32.2. The van der Waals surface area contributed by atoms with E-state index >= 15 is 0 Å². The number of benzene rings is 1. The molecule has 1 fully saturated rings. The fourth-order valence-corrected chi connectivity index (χ4v) is 5.32. The lowest BCUT2D eigenvalue weighted by Crippen LogP contribution is -2.50. The number of hydrogen-bond acceptors (Lipinski definition) is 4. The SMILES string of the molecule is Cc1cc(C)c(S(=O)(=O)N2CCN(C(=O)c3ccccn3)CC2)c(C)c1. The Balaban J connectivity index is 1.77. The summed E-state index contributed by atoms with van der Waals surface area (Å²) >= 11 is 0. The number of piperazine rings is 1. The molecule has 0 saturated carbocycles. The van der Waals surface area contributed by atoms with Gasteiger partial charge in [-0.05, 0) is 44.0 Å². The van der Waals surface area contributed by atoms with Gasteiger partial charge in [-0.15, -0.1) is 0 Å². The molecule has 1 aromatic heterocycles. The Labute approximate surface area is 154 Å². The molecule has 2 heterocycles. The summed E-state index contributed by atoms with van der Waals surface area (Å²) in [6.07, 6.45) is 1.58. The van der Waals surface area contributed by atoms with E-state index in [0.717, 1.165) is 16.7 Å². The van der Waals surface area contributed by atoms with Crippen LogP contribution in [0.5, 0.6) is 0 Å². The Kier molecular flexibility index (Phi) is 5.11. The molecule has 6 nitrogen and oxygen atoms in total. The Morgan fingerprint density at radius 1 is 1.00 bits per heavy atom. The lowest BCUT2D eigenvalue weighted by Gasteiger charge is -2.34. The third-order valence-corrected chi connectivity index (χ3v) is 6.82. The smallest absolute Gasteiger partial charge is 0.272 e. The van der Waals surface area contributed by atoms with Crippen LogP contribution in [0.3, 0.4) is 0 Å². The van der Waals surface area contributed by atoms with Gasteiger partial charge in [-0.1, -0.05) is 23.8 Å². The van der Waals surface area contributed by atoms with Gasteiger partial charge in [0.15, 0.2) is 0 Å². The topological polar surface area (TPSA) is 70.6 Å². The van der Waals surface area contributed by atoms with Crippen LogP contribution in [-0.2, 0) is 10.0 Å². The standard InChI is InChI=1S/C19H23N3O3S/c1-14-12-15(2)18(16(3)13-14)26(24,25)22-10-8-21(9-11-22)19(23)17-6-4-5-7-20-17/h4-7,12-13H,8-11H2,1-3H3. The zero-order valence-corrected chi connectivity index (χ0v) is 16.1. The number of carbonyl (C=O) groups is 1. The van der Waals surface area contributed by atoms with Crippen LogP contribution in [0.25, 0.3) is 0 Å². The molecule has 1 aromatic carbocycles. The number of aromatic nitrogens is 1. The number of sulfonamides is 1. The first kappa shape index (κ1) is 18.5. The van der Waals surface area contributed by atoms with Crippen molar-refractivity contribution in [3.8, 4) is 0 Å². The molecule has 1 amide bonds. The number of nitrogens with zero attached hydrogens (tertiary/aromatic N) is 3. The van der Waals surface area contributed by atoms with Crippen molar-refractivity contribution >= 4 is 15.9 Å². The van der Waals surface area contributed by atoms with Gasteiger partial charge in [0.1, 0.15) is 5.69 Å². The summed E-state index contributed by atoms with van der Waals surface area (Å²) < 4.78 is 27.7. The van der Waals surface area contributed by atoms with Gasteiger partial charge in [-0.2, -0.15) is 4.31 Å². The predicted octanol–water partition coefficient (Wildman–Crippen LogP) is 2.15. The maximum Gasteiger partial charge on any atom is 0.272 e. The molecule has 2 aromatic rings. The minimum absolute atomic E-state index is 0.162. The molecule has 138 valence electrons. The first-order valence-electron chi connectivity index (χ1n) is 8.59. The van der Waals surface area contributed by atoms with Crippen LogP contribution in [-0.4, -0.2) is 54.7 Å². The summed E-state index contributed by atoms with van der Waals surface area (Å²) in [6, 6.07) is 8.98. The second kappa shape index (κ2) is 7.17. The van der Waals surface area contributed by atoms with Crippen molar-refractivity contribution in [2.24, 2.45) is 0 Å². The van der Waals surface area contributed by atoms with Crippen LogP contribution in [0.2, 0.25) is 0 Å².